The summed E-state index contributed by atoms with van der Waals surface area (Å²) in [7, 11) is 0. The Morgan fingerprint density at radius 2 is 1.98 bits per heavy atom. The Kier molecular flexibility index (Phi) is 12.0. The number of hydrogen-bond acceptors (Lipinski definition) is 12. The second-order valence-corrected chi connectivity index (χ2v) is 11.7. The molecule has 0 radical (unpaired) electrons. The minimum absolute atomic E-state index is 0.158. The zero-order chi connectivity index (χ0) is 28.6. The average Bonchev–Trinajstić information content (AvgIpc) is 2.94. The van der Waals surface area contributed by atoms with E-state index in [-0.39, 0.29) is 18.9 Å². The molecule has 13 heteroatoms. The summed E-state index contributed by atoms with van der Waals surface area (Å²) in [6.07, 6.45) is -0.630. The van der Waals surface area contributed by atoms with Gasteiger partial charge in [-0.15, -0.1) is 0 Å². The molecule has 0 spiro atoms. The fourth-order valence-corrected chi connectivity index (χ4v) is 5.90. The maximum atomic E-state index is 12.5. The Labute approximate surface area is 236 Å². The molecule has 1 saturated carbocycles. The van der Waals surface area contributed by atoms with Crippen LogP contribution in [0.3, 0.4) is 0 Å². The fourth-order valence-electron chi connectivity index (χ4n) is 5.90. The molecule has 3 fully saturated rings. The Morgan fingerprint density at radius 1 is 1.20 bits per heavy atom. The lowest BCUT2D eigenvalue weighted by Gasteiger charge is -2.46. The monoisotopic (exact) mass is 571 g/mol. The molecular weight excluding hydrogens is 522 g/mol. The number of allylic oxidation sites excluding steroid dienone is 1. The van der Waals surface area contributed by atoms with E-state index in [2.05, 4.69) is 22.0 Å². The lowest BCUT2D eigenvalue weighted by Crippen LogP contribution is -2.66. The quantitative estimate of drug-likeness (QED) is 0.136. The molecule has 13 nitrogen and oxygen atoms in total. The minimum Gasteiger partial charge on any atom is -0.468 e. The van der Waals surface area contributed by atoms with Crippen LogP contribution < -0.4 is 27.4 Å². The number of aliphatic hydroxyl groups is 3. The molecule has 40 heavy (non-hydrogen) atoms. The third kappa shape index (κ3) is 8.57. The van der Waals surface area contributed by atoms with E-state index in [1.165, 1.54) is 0 Å². The molecule has 4 aliphatic rings. The summed E-state index contributed by atoms with van der Waals surface area (Å²) in [5, 5.41) is 41.4. The number of rotatable bonds is 11. The summed E-state index contributed by atoms with van der Waals surface area (Å²) in [4.78, 5) is 12.5. The molecule has 0 unspecified atom stereocenters. The summed E-state index contributed by atoms with van der Waals surface area (Å²) < 4.78 is 24.1. The van der Waals surface area contributed by atoms with Gasteiger partial charge in [-0.1, -0.05) is 6.92 Å². The van der Waals surface area contributed by atoms with Gasteiger partial charge in [0.2, 0.25) is 5.91 Å². The van der Waals surface area contributed by atoms with Crippen molar-refractivity contribution >= 4 is 5.91 Å². The first-order valence-corrected chi connectivity index (χ1v) is 14.7. The molecule has 3 aliphatic heterocycles. The number of nitrogens with one attached hydrogen (secondary N) is 3. The summed E-state index contributed by atoms with van der Waals surface area (Å²) in [5.74, 6) is 0.913. The van der Waals surface area contributed by atoms with Gasteiger partial charge >= 0.3 is 0 Å². The molecule has 1 amide bonds. The highest BCUT2D eigenvalue weighted by Crippen LogP contribution is 2.31. The summed E-state index contributed by atoms with van der Waals surface area (Å²) in [6, 6.07) is -1.43. The van der Waals surface area contributed by atoms with Crippen LogP contribution in [0.15, 0.2) is 11.8 Å². The predicted molar refractivity (Wildman–Crippen MR) is 146 cm³/mol. The maximum absolute atomic E-state index is 12.5. The predicted octanol–water partition coefficient (Wildman–Crippen LogP) is -1.99. The van der Waals surface area contributed by atoms with Crippen molar-refractivity contribution in [3.05, 3.63) is 11.8 Å². The van der Waals surface area contributed by atoms with Crippen LogP contribution in [-0.4, -0.2) is 116 Å². The molecule has 3 heterocycles. The number of carbonyl (C=O) groups excluding carboxylic acids is 1. The van der Waals surface area contributed by atoms with Crippen molar-refractivity contribution in [3.8, 4) is 0 Å². The third-order valence-corrected chi connectivity index (χ3v) is 8.22. The highest BCUT2D eigenvalue weighted by molar-refractivity contribution is 5.81. The van der Waals surface area contributed by atoms with Crippen LogP contribution in [0.2, 0.25) is 0 Å². The molecule has 10 N–H and O–H groups in total. The first kappa shape index (κ1) is 31.5. The molecule has 0 aromatic rings. The number of nitrogens with two attached hydrogens (primary N) is 2. The van der Waals surface area contributed by atoms with E-state index in [0.29, 0.717) is 31.9 Å². The van der Waals surface area contributed by atoms with Crippen LogP contribution in [0.25, 0.3) is 0 Å². The normalized spacial score (nSPS) is 38.2. The molecule has 4 rings (SSSR count). The number of carbonyl (C=O) groups is 1. The van der Waals surface area contributed by atoms with Gasteiger partial charge in [0.25, 0.3) is 0 Å². The minimum atomic E-state index is -1.41. The number of ether oxygens (including phenoxy) is 4. The molecule has 0 aromatic carbocycles. The highest BCUT2D eigenvalue weighted by Gasteiger charge is 2.48. The van der Waals surface area contributed by atoms with Crippen LogP contribution in [0.5, 0.6) is 0 Å². The average molecular weight is 572 g/mol. The van der Waals surface area contributed by atoms with Gasteiger partial charge in [-0.2, -0.15) is 0 Å². The van der Waals surface area contributed by atoms with Gasteiger partial charge in [0.05, 0.1) is 19.2 Å². The summed E-state index contributed by atoms with van der Waals surface area (Å²) in [6.45, 7) is 5.74. The summed E-state index contributed by atoms with van der Waals surface area (Å²) in [5.41, 5.74) is 11.9. The van der Waals surface area contributed by atoms with Crippen LogP contribution in [0, 0.1) is 11.8 Å². The maximum Gasteiger partial charge on any atom is 0.250 e. The standard InChI is InChI=1S/C27H49N5O8/c1-15-9-20(33)27(37-14-15)40-25-19(32-26(36)21(34)11-28)10-18(29)24(23(25)35)39-22-4-2-3-17(38-22)13-31-12-16-5-7-30-8-6-16/h3,15-16,18-25,27,30-31,33-35H,2,4-14,28-29H2,1H3,(H,32,36)/t15-,18-,19+,20+,21+,22+,23-,24+,25-,27+/m0/s1. The van der Waals surface area contributed by atoms with E-state index in [1.807, 2.05) is 6.92 Å². The molecule has 0 bridgehead atoms. The van der Waals surface area contributed by atoms with Crippen molar-refractivity contribution in [1.29, 1.82) is 0 Å². The largest absolute Gasteiger partial charge is 0.468 e. The van der Waals surface area contributed by atoms with Gasteiger partial charge in [-0.25, -0.2) is 0 Å². The molecule has 230 valence electrons. The molecule has 1 aliphatic carbocycles. The van der Waals surface area contributed by atoms with E-state index in [0.717, 1.165) is 44.7 Å². The lowest BCUT2D eigenvalue weighted by molar-refractivity contribution is -0.282. The van der Waals surface area contributed by atoms with Gasteiger partial charge in [0, 0.05) is 19.0 Å². The fraction of sp³-hybridized carbons (Fsp3) is 0.889. The number of amides is 1. The number of hydrogen-bond donors (Lipinski definition) is 8. The number of aliphatic hydroxyl groups excluding tert-OH is 3. The van der Waals surface area contributed by atoms with Crippen molar-refractivity contribution in [1.82, 2.24) is 16.0 Å². The molecular formula is C27H49N5O8. The zero-order valence-corrected chi connectivity index (χ0v) is 23.5. The van der Waals surface area contributed by atoms with Gasteiger partial charge < -0.3 is 61.7 Å². The van der Waals surface area contributed by atoms with E-state index >= 15 is 0 Å². The first-order chi connectivity index (χ1) is 19.2. The van der Waals surface area contributed by atoms with Crippen molar-refractivity contribution in [2.75, 3.05) is 39.3 Å². The van der Waals surface area contributed by atoms with E-state index in [1.54, 1.807) is 0 Å². The van der Waals surface area contributed by atoms with Crippen molar-refractivity contribution in [2.45, 2.75) is 101 Å². The molecule has 0 aromatic heterocycles. The SMILES string of the molecule is C[C@@H]1CO[C@H](O[C@@H]2[C@@H](O)[C@H](O[C@@H]3CCC=C(CNCC4CCNCC4)O3)[C@@H](N)C[C@H]2NC(=O)[C@H](O)CN)[C@H](O)C1. The second kappa shape index (κ2) is 15.2. The first-order valence-electron chi connectivity index (χ1n) is 14.7. The van der Waals surface area contributed by atoms with Gasteiger partial charge in [-0.3, -0.25) is 4.79 Å². The van der Waals surface area contributed by atoms with Crippen molar-refractivity contribution < 1.29 is 39.1 Å². The smallest absolute Gasteiger partial charge is 0.250 e. The molecule has 10 atom stereocenters. The number of piperidine rings is 1. The van der Waals surface area contributed by atoms with Crippen molar-refractivity contribution in [2.24, 2.45) is 23.3 Å². The van der Waals surface area contributed by atoms with E-state index < -0.39 is 61.1 Å². The Balaban J connectivity index is 1.36. The van der Waals surface area contributed by atoms with Gasteiger partial charge in [-0.05, 0) is 69.7 Å². The Bertz CT molecular complexity index is 831. The second-order valence-electron chi connectivity index (χ2n) is 11.7. The van der Waals surface area contributed by atoms with Gasteiger partial charge in [0.15, 0.2) is 12.6 Å². The van der Waals surface area contributed by atoms with Crippen LogP contribution in [0.1, 0.15) is 45.4 Å². The van der Waals surface area contributed by atoms with Crippen molar-refractivity contribution in [3.63, 3.8) is 0 Å². The van der Waals surface area contributed by atoms with Crippen LogP contribution in [0.4, 0.5) is 0 Å². The molecule has 2 saturated heterocycles. The lowest BCUT2D eigenvalue weighted by atomic mass is 9.83. The third-order valence-electron chi connectivity index (χ3n) is 8.22. The Morgan fingerprint density at radius 3 is 2.70 bits per heavy atom. The topological polar surface area (TPSA) is 203 Å². The highest BCUT2D eigenvalue weighted by atomic mass is 16.7. The van der Waals surface area contributed by atoms with E-state index in [9.17, 15) is 20.1 Å². The zero-order valence-electron chi connectivity index (χ0n) is 23.5. The van der Waals surface area contributed by atoms with Crippen LogP contribution in [-0.2, 0) is 23.7 Å². The Hall–Kier alpha value is -1.39. The summed E-state index contributed by atoms with van der Waals surface area (Å²) >= 11 is 0. The van der Waals surface area contributed by atoms with Crippen LogP contribution >= 0.6 is 0 Å². The van der Waals surface area contributed by atoms with Gasteiger partial charge in [0.1, 0.15) is 36.3 Å². The van der Waals surface area contributed by atoms with E-state index in [4.69, 9.17) is 30.4 Å².